The molecule has 1 saturated heterocycles. The number of carboxylic acid groups (broad SMARTS) is 1. The lowest BCUT2D eigenvalue weighted by molar-refractivity contribution is -0.150. The average molecular weight is 601 g/mol. The third-order valence-electron chi connectivity index (χ3n) is 5.00. The van der Waals surface area contributed by atoms with Crippen LogP contribution in [0.1, 0.15) is 0 Å². The molecule has 2 atom stereocenters. The Morgan fingerprint density at radius 1 is 1.16 bits per heavy atom. The van der Waals surface area contributed by atoms with E-state index in [4.69, 9.17) is 34.7 Å². The molecule has 0 radical (unpaired) electrons. The van der Waals surface area contributed by atoms with E-state index in [1.165, 1.54) is 46.3 Å². The second-order valence-corrected chi connectivity index (χ2v) is 11.5. The molecule has 4 rings (SSSR count). The molecule has 0 aromatic carbocycles. The molecule has 11 nitrogen and oxygen atoms in total. The van der Waals surface area contributed by atoms with Gasteiger partial charge < -0.3 is 21.9 Å². The first-order valence-corrected chi connectivity index (χ1v) is 14.3. The Kier molecular flexibility index (Phi) is 8.75. The van der Waals surface area contributed by atoms with Crippen LogP contribution in [-0.4, -0.2) is 71.4 Å². The molecule has 2 aromatic heterocycles. The van der Waals surface area contributed by atoms with E-state index in [1.807, 2.05) is 0 Å². The molecule has 2 aliphatic rings. The fourth-order valence-corrected chi connectivity index (χ4v) is 6.86. The summed E-state index contributed by atoms with van der Waals surface area (Å²) in [6, 6.07) is 3.79. The number of amides is 2. The predicted octanol–water partition coefficient (Wildman–Crippen LogP) is 2.52. The number of rotatable bonds is 9. The Hall–Kier alpha value is -2.65. The first kappa shape index (κ1) is 27.4. The third-order valence-corrected chi connectivity index (χ3v) is 8.46. The molecule has 0 unspecified atom stereocenters. The number of nitrogens with one attached hydrogen (secondary N) is 1. The molecule has 4 heterocycles. The number of hydrogen-bond acceptors (Lipinski definition) is 11. The number of β-lactam (4-membered cyclic amide) rings is 1. The summed E-state index contributed by atoms with van der Waals surface area (Å²) in [4.78, 5) is 51.2. The van der Waals surface area contributed by atoms with E-state index in [0.717, 1.165) is 0 Å². The van der Waals surface area contributed by atoms with Gasteiger partial charge in [-0.05, 0) is 17.7 Å². The number of hydrogen-bond donors (Lipinski definition) is 4. The van der Waals surface area contributed by atoms with Gasteiger partial charge in [-0.3, -0.25) is 14.5 Å². The highest BCUT2D eigenvalue weighted by Crippen LogP contribution is 2.40. The number of anilines is 2. The van der Waals surface area contributed by atoms with Crippen molar-refractivity contribution in [2.75, 3.05) is 28.7 Å². The van der Waals surface area contributed by atoms with Crippen molar-refractivity contribution in [2.45, 2.75) is 21.5 Å². The maximum atomic E-state index is 12.8. The lowest BCUT2D eigenvalue weighted by atomic mass is 10.0. The number of nitrogens with two attached hydrogens (primary N) is 2. The van der Waals surface area contributed by atoms with Crippen molar-refractivity contribution in [2.24, 2.45) is 0 Å². The minimum Gasteiger partial charge on any atom is -0.477 e. The van der Waals surface area contributed by atoms with Gasteiger partial charge in [0, 0.05) is 22.5 Å². The first-order chi connectivity index (χ1) is 17.6. The van der Waals surface area contributed by atoms with Gasteiger partial charge in [-0.1, -0.05) is 47.1 Å². The number of allylic oxidation sites excluding steroid dienone is 1. The summed E-state index contributed by atoms with van der Waals surface area (Å²) >= 11 is 15.6. The van der Waals surface area contributed by atoms with Crippen LogP contribution in [0.25, 0.3) is 0 Å². The fraction of sp³-hybridized carbons (Fsp3) is 0.238. The van der Waals surface area contributed by atoms with Gasteiger partial charge in [-0.15, -0.1) is 23.5 Å². The van der Waals surface area contributed by atoms with Gasteiger partial charge in [0.05, 0.1) is 5.75 Å². The number of nitrogens with zero attached hydrogens (tertiary/aromatic N) is 4. The molecule has 2 aliphatic heterocycles. The number of pyridine rings is 1. The van der Waals surface area contributed by atoms with Crippen LogP contribution in [0.15, 0.2) is 51.7 Å². The normalized spacial score (nSPS) is 19.1. The van der Waals surface area contributed by atoms with Gasteiger partial charge in [0.15, 0.2) is 5.16 Å². The van der Waals surface area contributed by atoms with Crippen molar-refractivity contribution in [1.82, 2.24) is 25.2 Å². The highest BCUT2D eigenvalue weighted by atomic mass is 35.5. The molecule has 0 aliphatic carbocycles. The van der Waals surface area contributed by atoms with Crippen LogP contribution < -0.4 is 16.8 Å². The summed E-state index contributed by atoms with van der Waals surface area (Å²) in [6.45, 7) is 0. The molecule has 37 heavy (non-hydrogen) atoms. The molecule has 0 bridgehead atoms. The van der Waals surface area contributed by atoms with Crippen molar-refractivity contribution < 1.29 is 19.5 Å². The van der Waals surface area contributed by atoms with Gasteiger partial charge in [0.2, 0.25) is 5.91 Å². The lowest BCUT2D eigenvalue weighted by Crippen LogP contribution is -2.70. The van der Waals surface area contributed by atoms with Crippen molar-refractivity contribution in [1.29, 1.82) is 0 Å². The van der Waals surface area contributed by atoms with E-state index in [1.54, 1.807) is 24.3 Å². The number of thioether (sulfide) groups is 3. The average Bonchev–Trinajstić information content (AvgIpc) is 2.82. The zero-order valence-electron chi connectivity index (χ0n) is 18.8. The molecule has 16 heteroatoms. The molecule has 0 saturated carbocycles. The van der Waals surface area contributed by atoms with E-state index in [-0.39, 0.29) is 39.3 Å². The number of aromatic nitrogens is 3. The van der Waals surface area contributed by atoms with E-state index < -0.39 is 23.3 Å². The van der Waals surface area contributed by atoms with Crippen LogP contribution in [0.2, 0.25) is 10.3 Å². The maximum Gasteiger partial charge on any atom is 0.352 e. The van der Waals surface area contributed by atoms with Gasteiger partial charge in [-0.2, -0.15) is 0 Å². The summed E-state index contributed by atoms with van der Waals surface area (Å²) in [6.07, 6.45) is 3.42. The van der Waals surface area contributed by atoms with Gasteiger partial charge in [0.1, 0.15) is 39.1 Å². The number of carboxylic acids is 1. The largest absolute Gasteiger partial charge is 0.477 e. The number of carbonyl (C=O) groups excluding carboxylic acids is 2. The second-order valence-electron chi connectivity index (χ2n) is 7.58. The monoisotopic (exact) mass is 599 g/mol. The lowest BCUT2D eigenvalue weighted by Gasteiger charge is -2.49. The van der Waals surface area contributed by atoms with Crippen molar-refractivity contribution in [3.05, 3.63) is 51.9 Å². The molecular weight excluding hydrogens is 581 g/mol. The van der Waals surface area contributed by atoms with Gasteiger partial charge in [0.25, 0.3) is 5.91 Å². The Morgan fingerprint density at radius 3 is 2.49 bits per heavy atom. The number of halogens is 2. The van der Waals surface area contributed by atoms with Crippen LogP contribution in [0, 0.1) is 0 Å². The quantitative estimate of drug-likeness (QED) is 0.143. The molecule has 194 valence electrons. The van der Waals surface area contributed by atoms with Crippen LogP contribution in [0.3, 0.4) is 0 Å². The molecular formula is C21H19Cl2N7O4S3. The molecule has 0 spiro atoms. The van der Waals surface area contributed by atoms with Crippen molar-refractivity contribution >= 4 is 87.9 Å². The minimum absolute atomic E-state index is 0.0214. The van der Waals surface area contributed by atoms with Crippen LogP contribution in [-0.2, 0) is 14.4 Å². The van der Waals surface area contributed by atoms with Crippen molar-refractivity contribution in [3.63, 3.8) is 0 Å². The van der Waals surface area contributed by atoms with Crippen LogP contribution >= 0.6 is 58.5 Å². The van der Waals surface area contributed by atoms with Crippen LogP contribution in [0.5, 0.6) is 0 Å². The van der Waals surface area contributed by atoms with E-state index in [0.29, 0.717) is 27.1 Å². The summed E-state index contributed by atoms with van der Waals surface area (Å²) in [5.41, 5.74) is 11.7. The van der Waals surface area contributed by atoms with Gasteiger partial charge >= 0.3 is 5.97 Å². The Labute approximate surface area is 233 Å². The minimum atomic E-state index is -1.22. The number of fused-ring (bicyclic) bond motifs is 1. The number of nitrogen functional groups attached to an aromatic ring is 2. The molecule has 2 aromatic rings. The topological polar surface area (TPSA) is 177 Å². The highest BCUT2D eigenvalue weighted by Gasteiger charge is 2.53. The van der Waals surface area contributed by atoms with Gasteiger partial charge in [-0.25, -0.2) is 19.7 Å². The zero-order chi connectivity index (χ0) is 26.7. The fourth-order valence-electron chi connectivity index (χ4n) is 3.50. The smallest absolute Gasteiger partial charge is 0.352 e. The third kappa shape index (κ3) is 6.62. The Balaban J connectivity index is 1.36. The maximum absolute atomic E-state index is 12.8. The SMILES string of the molecule is Nc1cc(N)nc(SCC=CC2=C(C(=O)O)N3C(=O)[C@@H](NC(=O)CSc4cc(Cl)nc(Cl)c4)[C@H]3SC2)n1. The van der Waals surface area contributed by atoms with Crippen LogP contribution in [0.4, 0.5) is 11.6 Å². The number of carbonyl (C=O) groups is 3. The zero-order valence-corrected chi connectivity index (χ0v) is 22.7. The first-order valence-electron chi connectivity index (χ1n) is 10.5. The molecule has 1 fully saturated rings. The summed E-state index contributed by atoms with van der Waals surface area (Å²) < 4.78 is 0. The number of aliphatic carboxylic acids is 1. The Bertz CT molecular complexity index is 1290. The summed E-state index contributed by atoms with van der Waals surface area (Å²) in [5.74, 6) is -0.746. The summed E-state index contributed by atoms with van der Waals surface area (Å²) in [7, 11) is 0. The van der Waals surface area contributed by atoms with Crippen molar-refractivity contribution in [3.8, 4) is 0 Å². The Morgan fingerprint density at radius 2 is 1.84 bits per heavy atom. The van der Waals surface area contributed by atoms with E-state index in [9.17, 15) is 19.5 Å². The molecule has 6 N–H and O–H groups in total. The summed E-state index contributed by atoms with van der Waals surface area (Å²) in [5, 5.41) is 12.8. The highest BCUT2D eigenvalue weighted by molar-refractivity contribution is 8.00. The van der Waals surface area contributed by atoms with E-state index in [2.05, 4.69) is 20.3 Å². The second kappa shape index (κ2) is 11.8. The van der Waals surface area contributed by atoms with E-state index >= 15 is 0 Å². The standard InChI is InChI=1S/C21H19Cl2N7O4S3/c22-11-4-10(5-12(23)26-11)36-8-15(31)29-16-18(32)30-17(20(33)34)9(7-37-19(16)30)2-1-3-35-21-27-13(24)6-14(25)28-21/h1-2,4-6,16,19H,3,7-8H2,(H,29,31)(H,33,34)(H4,24,25,27,28)/t16-,19-/m1/s1. The predicted molar refractivity (Wildman–Crippen MR) is 145 cm³/mol. The molecule has 2 amide bonds.